The highest BCUT2D eigenvalue weighted by Gasteiger charge is 2.10. The number of ether oxygens (including phenoxy) is 2. The van der Waals surface area contributed by atoms with E-state index in [9.17, 15) is 4.79 Å². The quantitative estimate of drug-likeness (QED) is 0.608. The monoisotopic (exact) mass is 265 g/mol. The van der Waals surface area contributed by atoms with Crippen molar-refractivity contribution < 1.29 is 14.3 Å². The lowest BCUT2D eigenvalue weighted by molar-refractivity contribution is -0.140. The summed E-state index contributed by atoms with van der Waals surface area (Å²) in [6.07, 6.45) is 1.05. The van der Waals surface area contributed by atoms with Gasteiger partial charge in [0, 0.05) is 18.0 Å². The van der Waals surface area contributed by atoms with Crippen LogP contribution in [0.2, 0.25) is 0 Å². The van der Waals surface area contributed by atoms with Crippen molar-refractivity contribution in [2.75, 3.05) is 20.8 Å². The smallest absolute Gasteiger partial charge is 0.305 e. The Morgan fingerprint density at radius 1 is 1.42 bits per heavy atom. The lowest BCUT2D eigenvalue weighted by atomic mass is 10.1. The van der Waals surface area contributed by atoms with Gasteiger partial charge >= 0.3 is 5.97 Å². The van der Waals surface area contributed by atoms with Crippen LogP contribution in [0.25, 0.3) is 0 Å². The van der Waals surface area contributed by atoms with Crippen molar-refractivity contribution in [3.63, 3.8) is 0 Å². The van der Waals surface area contributed by atoms with E-state index in [2.05, 4.69) is 29.1 Å². The Morgan fingerprint density at radius 3 is 2.79 bits per heavy atom. The second kappa shape index (κ2) is 7.79. The van der Waals surface area contributed by atoms with Crippen LogP contribution in [0.5, 0.6) is 5.75 Å². The predicted octanol–water partition coefficient (Wildman–Crippen LogP) is 2.61. The van der Waals surface area contributed by atoms with Gasteiger partial charge in [0.2, 0.25) is 0 Å². The molecular formula is C15H23NO3. The van der Waals surface area contributed by atoms with Crippen LogP contribution in [0.3, 0.4) is 0 Å². The first kappa shape index (κ1) is 15.5. The molecule has 0 amide bonds. The minimum atomic E-state index is -0.198. The lowest BCUT2D eigenvalue weighted by Crippen LogP contribution is -2.14. The lowest BCUT2D eigenvalue weighted by Gasteiger charge is -2.17. The molecule has 1 N–H and O–H groups in total. The maximum absolute atomic E-state index is 11.0. The Balaban J connectivity index is 2.60. The Morgan fingerprint density at radius 2 is 2.16 bits per heavy atom. The Bertz CT molecular complexity index is 418. The number of methoxy groups -OCH3 is 1. The molecule has 0 aromatic heterocycles. The van der Waals surface area contributed by atoms with Gasteiger partial charge in [0.25, 0.3) is 0 Å². The fourth-order valence-electron chi connectivity index (χ4n) is 1.78. The number of benzene rings is 1. The molecule has 0 spiro atoms. The van der Waals surface area contributed by atoms with Crippen molar-refractivity contribution in [2.24, 2.45) is 0 Å². The molecule has 0 saturated carbocycles. The number of aryl methyl sites for hydroxylation is 1. The number of hydrogen-bond donors (Lipinski definition) is 1. The zero-order valence-electron chi connectivity index (χ0n) is 12.2. The van der Waals surface area contributed by atoms with E-state index in [1.54, 1.807) is 0 Å². The van der Waals surface area contributed by atoms with Gasteiger partial charge in [0.1, 0.15) is 5.75 Å². The highest BCUT2D eigenvalue weighted by Crippen LogP contribution is 2.26. The minimum Gasteiger partial charge on any atom is -0.493 e. The molecule has 0 aliphatic carbocycles. The Kier molecular flexibility index (Phi) is 6.36. The van der Waals surface area contributed by atoms with E-state index in [1.807, 2.05) is 20.0 Å². The van der Waals surface area contributed by atoms with E-state index in [-0.39, 0.29) is 12.0 Å². The molecule has 0 bridgehead atoms. The number of rotatable bonds is 7. The van der Waals surface area contributed by atoms with Crippen molar-refractivity contribution in [1.29, 1.82) is 0 Å². The average molecular weight is 265 g/mol. The first-order valence-corrected chi connectivity index (χ1v) is 6.56. The van der Waals surface area contributed by atoms with Crippen molar-refractivity contribution in [3.8, 4) is 5.75 Å². The number of hydrogen-bond acceptors (Lipinski definition) is 4. The average Bonchev–Trinajstić information content (AvgIpc) is 2.42. The Labute approximate surface area is 115 Å². The van der Waals surface area contributed by atoms with E-state index in [0.717, 1.165) is 16.9 Å². The summed E-state index contributed by atoms with van der Waals surface area (Å²) >= 11 is 0. The summed E-state index contributed by atoms with van der Waals surface area (Å²) in [5, 5.41) is 3.20. The van der Waals surface area contributed by atoms with Crippen LogP contribution in [0, 0.1) is 6.92 Å². The van der Waals surface area contributed by atoms with Crippen molar-refractivity contribution in [2.45, 2.75) is 32.7 Å². The third-order valence-electron chi connectivity index (χ3n) is 3.08. The standard InChI is InChI=1S/C15H23NO3/c1-11-7-8-13(12(2)16-3)14(10-11)19-9-5-6-15(17)18-4/h7-8,10,12,16H,5-6,9H2,1-4H3. The SMILES string of the molecule is CNC(C)c1ccc(C)cc1OCCCC(=O)OC. The number of nitrogens with one attached hydrogen (secondary N) is 1. The van der Waals surface area contributed by atoms with Gasteiger partial charge in [-0.25, -0.2) is 0 Å². The normalized spacial score (nSPS) is 12.0. The van der Waals surface area contributed by atoms with Crippen LogP contribution in [0.4, 0.5) is 0 Å². The van der Waals surface area contributed by atoms with Crippen LogP contribution >= 0.6 is 0 Å². The molecule has 4 nitrogen and oxygen atoms in total. The summed E-state index contributed by atoms with van der Waals surface area (Å²) in [5.74, 6) is 0.684. The highest BCUT2D eigenvalue weighted by molar-refractivity contribution is 5.69. The Hall–Kier alpha value is -1.55. The maximum Gasteiger partial charge on any atom is 0.305 e. The summed E-state index contributed by atoms with van der Waals surface area (Å²) < 4.78 is 10.4. The zero-order chi connectivity index (χ0) is 14.3. The first-order valence-electron chi connectivity index (χ1n) is 6.56. The fourth-order valence-corrected chi connectivity index (χ4v) is 1.78. The van der Waals surface area contributed by atoms with E-state index in [0.29, 0.717) is 19.4 Å². The van der Waals surface area contributed by atoms with Gasteiger partial charge in [0.15, 0.2) is 0 Å². The molecule has 1 atom stereocenters. The van der Waals surface area contributed by atoms with Crippen molar-refractivity contribution >= 4 is 5.97 Å². The summed E-state index contributed by atoms with van der Waals surface area (Å²) in [6.45, 7) is 4.64. The molecule has 1 aromatic rings. The summed E-state index contributed by atoms with van der Waals surface area (Å²) in [6, 6.07) is 6.41. The fraction of sp³-hybridized carbons (Fsp3) is 0.533. The molecule has 0 radical (unpaired) electrons. The number of carbonyl (C=O) groups is 1. The van der Waals surface area contributed by atoms with Crippen LogP contribution in [-0.4, -0.2) is 26.7 Å². The summed E-state index contributed by atoms with van der Waals surface area (Å²) in [5.41, 5.74) is 2.29. The van der Waals surface area contributed by atoms with Gasteiger partial charge in [-0.2, -0.15) is 0 Å². The van der Waals surface area contributed by atoms with Gasteiger partial charge in [-0.15, -0.1) is 0 Å². The van der Waals surface area contributed by atoms with Gasteiger partial charge in [-0.1, -0.05) is 12.1 Å². The van der Waals surface area contributed by atoms with Crippen molar-refractivity contribution in [3.05, 3.63) is 29.3 Å². The van der Waals surface area contributed by atoms with Crippen LogP contribution in [0.1, 0.15) is 36.9 Å². The second-order valence-corrected chi connectivity index (χ2v) is 4.58. The number of esters is 1. The molecule has 0 aliphatic rings. The van der Waals surface area contributed by atoms with Gasteiger partial charge in [-0.05, 0) is 38.9 Å². The van der Waals surface area contributed by atoms with E-state index < -0.39 is 0 Å². The molecule has 0 aliphatic heterocycles. The summed E-state index contributed by atoms with van der Waals surface area (Å²) in [7, 11) is 3.32. The molecule has 1 rings (SSSR count). The van der Waals surface area contributed by atoms with Gasteiger partial charge in [-0.3, -0.25) is 4.79 Å². The minimum absolute atomic E-state index is 0.198. The molecule has 106 valence electrons. The molecule has 0 saturated heterocycles. The van der Waals surface area contributed by atoms with Crippen LogP contribution < -0.4 is 10.1 Å². The molecule has 1 aromatic carbocycles. The van der Waals surface area contributed by atoms with Crippen LogP contribution in [-0.2, 0) is 9.53 Å². The maximum atomic E-state index is 11.0. The van der Waals surface area contributed by atoms with E-state index in [1.165, 1.54) is 7.11 Å². The van der Waals surface area contributed by atoms with Crippen LogP contribution in [0.15, 0.2) is 18.2 Å². The van der Waals surface area contributed by atoms with Gasteiger partial charge < -0.3 is 14.8 Å². The number of carbonyl (C=O) groups excluding carboxylic acids is 1. The van der Waals surface area contributed by atoms with E-state index >= 15 is 0 Å². The molecule has 19 heavy (non-hydrogen) atoms. The highest BCUT2D eigenvalue weighted by atomic mass is 16.5. The topological polar surface area (TPSA) is 47.6 Å². The molecular weight excluding hydrogens is 242 g/mol. The molecule has 1 unspecified atom stereocenters. The van der Waals surface area contributed by atoms with Crippen molar-refractivity contribution in [1.82, 2.24) is 5.32 Å². The third kappa shape index (κ3) is 4.91. The first-order chi connectivity index (χ1) is 9.08. The molecule has 0 heterocycles. The predicted molar refractivity (Wildman–Crippen MR) is 75.4 cm³/mol. The molecule has 0 fully saturated rings. The second-order valence-electron chi connectivity index (χ2n) is 4.58. The largest absolute Gasteiger partial charge is 0.493 e. The summed E-state index contributed by atoms with van der Waals surface area (Å²) in [4.78, 5) is 11.0. The third-order valence-corrected chi connectivity index (χ3v) is 3.08. The van der Waals surface area contributed by atoms with Gasteiger partial charge in [0.05, 0.1) is 13.7 Å². The van der Waals surface area contributed by atoms with E-state index in [4.69, 9.17) is 4.74 Å². The zero-order valence-corrected chi connectivity index (χ0v) is 12.2. The molecule has 4 heteroatoms.